The van der Waals surface area contributed by atoms with E-state index in [4.69, 9.17) is 21.2 Å². The van der Waals surface area contributed by atoms with Crippen molar-refractivity contribution in [2.45, 2.75) is 12.3 Å². The Labute approximate surface area is 183 Å². The topological polar surface area (TPSA) is 47.9 Å². The van der Waals surface area contributed by atoms with Crippen LogP contribution in [0.5, 0.6) is 5.75 Å². The number of hydrogen-bond donors (Lipinski definition) is 0. The Morgan fingerprint density at radius 2 is 1.74 bits per heavy atom. The molecule has 0 unspecified atom stereocenters. The fraction of sp³-hybridized carbons (Fsp3) is 0.167. The summed E-state index contributed by atoms with van der Waals surface area (Å²) in [6, 6.07) is 17.4. The molecule has 7 heteroatoms. The molecule has 3 aromatic rings. The zero-order valence-electron chi connectivity index (χ0n) is 16.5. The van der Waals surface area contributed by atoms with Gasteiger partial charge in [-0.25, -0.2) is 13.6 Å². The highest BCUT2D eigenvalue weighted by atomic mass is 35.5. The largest absolute Gasteiger partial charge is 0.497 e. The number of nitrogens with zero attached hydrogens (tertiary/aromatic N) is 1. The van der Waals surface area contributed by atoms with E-state index in [-0.39, 0.29) is 17.4 Å². The lowest BCUT2D eigenvalue weighted by Crippen LogP contribution is -2.10. The quantitative estimate of drug-likeness (QED) is 0.268. The second-order valence-electron chi connectivity index (χ2n) is 7.21. The van der Waals surface area contributed by atoms with Crippen molar-refractivity contribution in [1.82, 2.24) is 0 Å². The average molecular weight is 442 g/mol. The maximum Gasteiger partial charge on any atom is 0.368 e. The molecule has 31 heavy (non-hydrogen) atoms. The molecule has 1 saturated carbocycles. The second-order valence-corrected chi connectivity index (χ2v) is 7.64. The van der Waals surface area contributed by atoms with Gasteiger partial charge >= 0.3 is 5.97 Å². The number of benzene rings is 3. The molecule has 0 spiro atoms. The van der Waals surface area contributed by atoms with Crippen LogP contribution >= 0.6 is 11.6 Å². The maximum absolute atomic E-state index is 13.9. The molecule has 0 saturated heterocycles. The zero-order chi connectivity index (χ0) is 22.0. The molecule has 0 aliphatic heterocycles. The third-order valence-electron chi connectivity index (χ3n) is 5.20. The van der Waals surface area contributed by atoms with E-state index < -0.39 is 17.6 Å². The van der Waals surface area contributed by atoms with Crippen LogP contribution in [0.3, 0.4) is 0 Å². The lowest BCUT2D eigenvalue weighted by atomic mass is 10.0. The SMILES string of the molecule is COc1ccc(/C(=N/OC(=O)c2ccc(F)cc2F)[C@H]2C[C@H]2c2ccc(Cl)cc2)cc1. The Hall–Kier alpha value is -3.25. The molecule has 1 fully saturated rings. The molecule has 4 nitrogen and oxygen atoms in total. The average Bonchev–Trinajstić information content (AvgIpc) is 3.55. The van der Waals surface area contributed by atoms with Crippen LogP contribution in [0.1, 0.15) is 33.8 Å². The summed E-state index contributed by atoms with van der Waals surface area (Å²) in [4.78, 5) is 17.4. The first kappa shape index (κ1) is 21.0. The van der Waals surface area contributed by atoms with Crippen molar-refractivity contribution in [2.24, 2.45) is 11.1 Å². The first-order chi connectivity index (χ1) is 15.0. The van der Waals surface area contributed by atoms with E-state index in [2.05, 4.69) is 5.16 Å². The van der Waals surface area contributed by atoms with Gasteiger partial charge in [-0.15, -0.1) is 0 Å². The molecule has 1 aliphatic carbocycles. The number of ether oxygens (including phenoxy) is 1. The number of methoxy groups -OCH3 is 1. The van der Waals surface area contributed by atoms with Gasteiger partial charge in [-0.1, -0.05) is 28.9 Å². The van der Waals surface area contributed by atoms with Crippen molar-refractivity contribution in [2.75, 3.05) is 7.11 Å². The molecule has 0 aromatic heterocycles. The number of rotatable bonds is 6. The van der Waals surface area contributed by atoms with Gasteiger partial charge in [-0.2, -0.15) is 0 Å². The Kier molecular flexibility index (Phi) is 6.00. The van der Waals surface area contributed by atoms with Crippen molar-refractivity contribution in [3.8, 4) is 5.75 Å². The third kappa shape index (κ3) is 4.75. The van der Waals surface area contributed by atoms with Crippen LogP contribution in [0.25, 0.3) is 0 Å². The molecule has 1 aliphatic rings. The van der Waals surface area contributed by atoms with Gasteiger partial charge in [0.05, 0.1) is 18.4 Å². The highest BCUT2D eigenvalue weighted by molar-refractivity contribution is 6.30. The van der Waals surface area contributed by atoms with E-state index in [1.807, 2.05) is 36.4 Å². The summed E-state index contributed by atoms with van der Waals surface area (Å²) in [6.07, 6.45) is 0.814. The van der Waals surface area contributed by atoms with Gasteiger partial charge in [0.15, 0.2) is 0 Å². The molecule has 0 N–H and O–H groups in total. The van der Waals surface area contributed by atoms with Crippen molar-refractivity contribution >= 4 is 23.3 Å². The Balaban J connectivity index is 1.60. The van der Waals surface area contributed by atoms with Crippen molar-refractivity contribution in [3.63, 3.8) is 0 Å². The number of carbonyl (C=O) groups excluding carboxylic acids is 1. The molecule has 0 heterocycles. The normalized spacial score (nSPS) is 17.9. The number of hydrogen-bond acceptors (Lipinski definition) is 4. The Morgan fingerprint density at radius 1 is 1.03 bits per heavy atom. The fourth-order valence-corrected chi connectivity index (χ4v) is 3.59. The van der Waals surface area contributed by atoms with Crippen LogP contribution in [0.2, 0.25) is 5.02 Å². The number of carbonyl (C=O) groups is 1. The molecule has 4 rings (SSSR count). The summed E-state index contributed by atoms with van der Waals surface area (Å²) in [5, 5.41) is 4.74. The number of oxime groups is 1. The monoisotopic (exact) mass is 441 g/mol. The van der Waals surface area contributed by atoms with Crippen LogP contribution in [0, 0.1) is 17.6 Å². The van der Waals surface area contributed by atoms with Crippen LogP contribution < -0.4 is 4.74 Å². The molecule has 158 valence electrons. The van der Waals surface area contributed by atoms with E-state index in [9.17, 15) is 13.6 Å². The van der Waals surface area contributed by atoms with Gasteiger partial charge < -0.3 is 9.57 Å². The molecule has 0 radical (unpaired) electrons. The minimum atomic E-state index is -1.00. The summed E-state index contributed by atoms with van der Waals surface area (Å²) >= 11 is 5.98. The Morgan fingerprint density at radius 3 is 2.39 bits per heavy atom. The van der Waals surface area contributed by atoms with Crippen molar-refractivity contribution in [3.05, 3.63) is 100 Å². The Bertz CT molecular complexity index is 1130. The lowest BCUT2D eigenvalue weighted by Gasteiger charge is -2.08. The third-order valence-corrected chi connectivity index (χ3v) is 5.46. The number of halogens is 3. The van der Waals surface area contributed by atoms with Gasteiger partial charge in [0.1, 0.15) is 17.4 Å². The summed E-state index contributed by atoms with van der Waals surface area (Å²) in [6.45, 7) is 0. The first-order valence-corrected chi connectivity index (χ1v) is 9.98. The van der Waals surface area contributed by atoms with E-state index in [1.54, 1.807) is 19.2 Å². The van der Waals surface area contributed by atoms with Gasteiger partial charge in [-0.3, -0.25) is 0 Å². The van der Waals surface area contributed by atoms with Crippen molar-refractivity contribution < 1.29 is 23.1 Å². The lowest BCUT2D eigenvalue weighted by molar-refractivity contribution is 0.0510. The van der Waals surface area contributed by atoms with Gasteiger partial charge in [0.2, 0.25) is 0 Å². The van der Waals surface area contributed by atoms with Crippen LogP contribution in [-0.2, 0) is 4.84 Å². The van der Waals surface area contributed by atoms with E-state index in [0.717, 1.165) is 29.7 Å². The summed E-state index contributed by atoms with van der Waals surface area (Å²) in [7, 11) is 1.57. The minimum absolute atomic E-state index is 0.0143. The van der Waals surface area contributed by atoms with E-state index in [1.165, 1.54) is 0 Å². The fourth-order valence-electron chi connectivity index (χ4n) is 3.47. The standard InChI is InChI=1S/C24H18ClF2NO3/c1-30-18-9-4-15(5-10-18)23(21-13-20(21)14-2-6-16(25)7-3-14)28-31-24(29)19-11-8-17(26)12-22(19)27/h2-12,20-21H,13H2,1H3/b28-23-/t20-,21-/m0/s1. The molecular formula is C24H18ClF2NO3. The van der Waals surface area contributed by atoms with Gasteiger partial charge in [0.25, 0.3) is 0 Å². The van der Waals surface area contributed by atoms with Crippen molar-refractivity contribution in [1.29, 1.82) is 0 Å². The maximum atomic E-state index is 13.9. The highest BCUT2D eigenvalue weighted by Gasteiger charge is 2.43. The second kappa shape index (κ2) is 8.86. The molecule has 0 amide bonds. The van der Waals surface area contributed by atoms with Crippen LogP contribution in [0.4, 0.5) is 8.78 Å². The molecular weight excluding hydrogens is 424 g/mol. The summed E-state index contributed by atoms with van der Waals surface area (Å²) < 4.78 is 32.2. The first-order valence-electron chi connectivity index (χ1n) is 9.60. The van der Waals surface area contributed by atoms with Crippen LogP contribution in [-0.4, -0.2) is 18.8 Å². The predicted molar refractivity (Wildman–Crippen MR) is 114 cm³/mol. The summed E-state index contributed by atoms with van der Waals surface area (Å²) in [5.74, 6) is -1.89. The van der Waals surface area contributed by atoms with E-state index in [0.29, 0.717) is 22.6 Å². The van der Waals surface area contributed by atoms with Crippen LogP contribution in [0.15, 0.2) is 71.9 Å². The molecule has 2 atom stereocenters. The van der Waals surface area contributed by atoms with E-state index >= 15 is 0 Å². The van der Waals surface area contributed by atoms with Gasteiger partial charge in [0, 0.05) is 17.0 Å². The molecule has 0 bridgehead atoms. The zero-order valence-corrected chi connectivity index (χ0v) is 17.3. The highest BCUT2D eigenvalue weighted by Crippen LogP contribution is 2.49. The predicted octanol–water partition coefficient (Wildman–Crippen LogP) is 5.99. The summed E-state index contributed by atoms with van der Waals surface area (Å²) in [5.41, 5.74) is 2.05. The minimum Gasteiger partial charge on any atom is -0.497 e. The van der Waals surface area contributed by atoms with Gasteiger partial charge in [-0.05, 0) is 72.0 Å². The smallest absolute Gasteiger partial charge is 0.368 e. The molecule has 3 aromatic carbocycles.